The first kappa shape index (κ1) is 11.8. The maximum Gasteiger partial charge on any atom is 0.131 e. The summed E-state index contributed by atoms with van der Waals surface area (Å²) in [6.45, 7) is 4.04. The van der Waals surface area contributed by atoms with Crippen molar-refractivity contribution in [1.82, 2.24) is 0 Å². The Hall–Kier alpha value is -1.70. The van der Waals surface area contributed by atoms with Gasteiger partial charge >= 0.3 is 0 Å². The van der Waals surface area contributed by atoms with Gasteiger partial charge in [-0.2, -0.15) is 0 Å². The molecule has 88 valence electrons. The SMILES string of the molecule is CC(C)c1ccc(-c2ccc(F)cc2)c(F)c1. The summed E-state index contributed by atoms with van der Waals surface area (Å²) in [5.41, 5.74) is 2.17. The molecule has 0 aliphatic rings. The molecule has 0 aliphatic carbocycles. The molecule has 0 N–H and O–H groups in total. The minimum Gasteiger partial charge on any atom is -0.207 e. The predicted molar refractivity (Wildman–Crippen MR) is 65.9 cm³/mol. The van der Waals surface area contributed by atoms with Crippen molar-refractivity contribution in [3.8, 4) is 11.1 Å². The molecule has 0 amide bonds. The smallest absolute Gasteiger partial charge is 0.131 e. The van der Waals surface area contributed by atoms with E-state index >= 15 is 0 Å². The molecule has 0 spiro atoms. The average molecular weight is 232 g/mol. The van der Waals surface area contributed by atoms with Crippen molar-refractivity contribution in [3.63, 3.8) is 0 Å². The van der Waals surface area contributed by atoms with Crippen LogP contribution in [0.5, 0.6) is 0 Å². The van der Waals surface area contributed by atoms with Gasteiger partial charge in [-0.3, -0.25) is 0 Å². The van der Waals surface area contributed by atoms with Crippen LogP contribution in [-0.2, 0) is 0 Å². The van der Waals surface area contributed by atoms with Crippen molar-refractivity contribution in [2.75, 3.05) is 0 Å². The Bertz CT molecular complexity index is 513. The van der Waals surface area contributed by atoms with Gasteiger partial charge in [0.25, 0.3) is 0 Å². The first-order valence-electron chi connectivity index (χ1n) is 5.63. The van der Waals surface area contributed by atoms with Gasteiger partial charge in [-0.05, 0) is 35.2 Å². The Kier molecular flexibility index (Phi) is 3.23. The van der Waals surface area contributed by atoms with Crippen molar-refractivity contribution >= 4 is 0 Å². The molecule has 0 fully saturated rings. The van der Waals surface area contributed by atoms with Crippen molar-refractivity contribution < 1.29 is 8.78 Å². The van der Waals surface area contributed by atoms with Crippen LogP contribution in [0.2, 0.25) is 0 Å². The van der Waals surface area contributed by atoms with Crippen molar-refractivity contribution in [3.05, 3.63) is 59.7 Å². The second kappa shape index (κ2) is 4.66. The first-order valence-corrected chi connectivity index (χ1v) is 5.63. The molecule has 0 unspecified atom stereocenters. The summed E-state index contributed by atoms with van der Waals surface area (Å²) in [6, 6.07) is 11.1. The fourth-order valence-corrected chi connectivity index (χ4v) is 1.75. The molecule has 0 radical (unpaired) electrons. The highest BCUT2D eigenvalue weighted by molar-refractivity contribution is 5.64. The Morgan fingerprint density at radius 1 is 0.882 bits per heavy atom. The summed E-state index contributed by atoms with van der Waals surface area (Å²) in [4.78, 5) is 0. The average Bonchev–Trinajstić information content (AvgIpc) is 2.30. The highest BCUT2D eigenvalue weighted by Gasteiger charge is 2.07. The third-order valence-corrected chi connectivity index (χ3v) is 2.82. The molecule has 2 aromatic carbocycles. The molecule has 0 aromatic heterocycles. The van der Waals surface area contributed by atoms with Gasteiger partial charge in [0.05, 0.1) is 0 Å². The van der Waals surface area contributed by atoms with E-state index in [0.29, 0.717) is 17.0 Å². The summed E-state index contributed by atoms with van der Waals surface area (Å²) >= 11 is 0. The summed E-state index contributed by atoms with van der Waals surface area (Å²) in [5, 5.41) is 0. The number of rotatable bonds is 2. The van der Waals surface area contributed by atoms with Gasteiger partial charge in [-0.1, -0.05) is 38.1 Å². The van der Waals surface area contributed by atoms with Gasteiger partial charge < -0.3 is 0 Å². The molecule has 2 aromatic rings. The molecule has 0 aliphatic heterocycles. The summed E-state index contributed by atoms with van der Waals surface area (Å²) < 4.78 is 26.7. The van der Waals surface area contributed by atoms with Crippen LogP contribution in [-0.4, -0.2) is 0 Å². The number of halogens is 2. The number of benzene rings is 2. The topological polar surface area (TPSA) is 0 Å². The normalized spacial score (nSPS) is 10.9. The van der Waals surface area contributed by atoms with Crippen molar-refractivity contribution in [2.24, 2.45) is 0 Å². The van der Waals surface area contributed by atoms with Crippen LogP contribution in [0.1, 0.15) is 25.3 Å². The monoisotopic (exact) mass is 232 g/mol. The Balaban J connectivity index is 2.43. The quantitative estimate of drug-likeness (QED) is 0.700. The fraction of sp³-hybridized carbons (Fsp3) is 0.200. The van der Waals surface area contributed by atoms with Crippen molar-refractivity contribution in [2.45, 2.75) is 19.8 Å². The zero-order valence-electron chi connectivity index (χ0n) is 9.87. The molecule has 0 nitrogen and oxygen atoms in total. The van der Waals surface area contributed by atoms with Gasteiger partial charge in [0.1, 0.15) is 11.6 Å². The molecule has 0 saturated carbocycles. The molecular weight excluding hydrogens is 218 g/mol. The summed E-state index contributed by atoms with van der Waals surface area (Å²) in [6.07, 6.45) is 0. The molecule has 0 atom stereocenters. The number of hydrogen-bond donors (Lipinski definition) is 0. The molecule has 17 heavy (non-hydrogen) atoms. The van der Waals surface area contributed by atoms with Crippen molar-refractivity contribution in [1.29, 1.82) is 0 Å². The van der Waals surface area contributed by atoms with E-state index in [-0.39, 0.29) is 11.6 Å². The van der Waals surface area contributed by atoms with E-state index in [1.807, 2.05) is 19.9 Å². The summed E-state index contributed by atoms with van der Waals surface area (Å²) in [5.74, 6) is -0.275. The van der Waals surface area contributed by atoms with E-state index in [4.69, 9.17) is 0 Å². The van der Waals surface area contributed by atoms with Crippen LogP contribution < -0.4 is 0 Å². The lowest BCUT2D eigenvalue weighted by Crippen LogP contribution is -1.91. The van der Waals surface area contributed by atoms with Crippen LogP contribution in [0.25, 0.3) is 11.1 Å². The van der Waals surface area contributed by atoms with Crippen LogP contribution in [0.3, 0.4) is 0 Å². The third-order valence-electron chi connectivity index (χ3n) is 2.82. The molecule has 0 bridgehead atoms. The molecule has 2 rings (SSSR count). The second-order valence-corrected chi connectivity index (χ2v) is 4.40. The van der Waals surface area contributed by atoms with Crippen LogP contribution in [0.4, 0.5) is 8.78 Å². The molecular formula is C15H14F2. The molecule has 0 heterocycles. The predicted octanol–water partition coefficient (Wildman–Crippen LogP) is 4.76. The fourth-order valence-electron chi connectivity index (χ4n) is 1.75. The second-order valence-electron chi connectivity index (χ2n) is 4.40. The maximum absolute atomic E-state index is 13.9. The lowest BCUT2D eigenvalue weighted by molar-refractivity contribution is 0.624. The van der Waals surface area contributed by atoms with E-state index in [1.54, 1.807) is 24.3 Å². The minimum absolute atomic E-state index is 0.261. The minimum atomic E-state index is -0.312. The van der Waals surface area contributed by atoms with Crippen LogP contribution in [0, 0.1) is 11.6 Å². The largest absolute Gasteiger partial charge is 0.207 e. The molecule has 0 saturated heterocycles. The first-order chi connectivity index (χ1) is 8.08. The Labute approximate surface area is 99.9 Å². The van der Waals surface area contributed by atoms with Gasteiger partial charge in [0.2, 0.25) is 0 Å². The van der Waals surface area contributed by atoms with Crippen LogP contribution in [0.15, 0.2) is 42.5 Å². The van der Waals surface area contributed by atoms with Crippen LogP contribution >= 0.6 is 0 Å². The van der Waals surface area contributed by atoms with E-state index in [1.165, 1.54) is 12.1 Å². The zero-order valence-corrected chi connectivity index (χ0v) is 9.87. The third kappa shape index (κ3) is 2.52. The van der Waals surface area contributed by atoms with E-state index in [0.717, 1.165) is 5.56 Å². The van der Waals surface area contributed by atoms with E-state index in [2.05, 4.69) is 0 Å². The lowest BCUT2D eigenvalue weighted by Gasteiger charge is -2.08. The molecule has 2 heteroatoms. The standard InChI is InChI=1S/C15H14F2/c1-10(2)12-5-8-14(15(17)9-12)11-3-6-13(16)7-4-11/h3-10H,1-2H3. The highest BCUT2D eigenvalue weighted by Crippen LogP contribution is 2.26. The van der Waals surface area contributed by atoms with Gasteiger partial charge in [0, 0.05) is 5.56 Å². The lowest BCUT2D eigenvalue weighted by atomic mass is 9.98. The summed E-state index contributed by atoms with van der Waals surface area (Å²) in [7, 11) is 0. The maximum atomic E-state index is 13.9. The van der Waals surface area contributed by atoms with Gasteiger partial charge in [-0.25, -0.2) is 8.78 Å². The van der Waals surface area contributed by atoms with E-state index < -0.39 is 0 Å². The Morgan fingerprint density at radius 2 is 1.53 bits per heavy atom. The van der Waals surface area contributed by atoms with Gasteiger partial charge in [-0.15, -0.1) is 0 Å². The van der Waals surface area contributed by atoms with E-state index in [9.17, 15) is 8.78 Å². The van der Waals surface area contributed by atoms with Gasteiger partial charge in [0.15, 0.2) is 0 Å². The highest BCUT2D eigenvalue weighted by atomic mass is 19.1. The Morgan fingerprint density at radius 3 is 2.06 bits per heavy atom. The zero-order chi connectivity index (χ0) is 12.4. The number of hydrogen-bond acceptors (Lipinski definition) is 0.